The fourth-order valence-electron chi connectivity index (χ4n) is 1.09. The predicted molar refractivity (Wildman–Crippen MR) is 47.8 cm³/mol. The van der Waals surface area contributed by atoms with Gasteiger partial charge < -0.3 is 0 Å². The van der Waals surface area contributed by atoms with Crippen LogP contribution in [0.4, 0.5) is 0 Å². The second-order valence-corrected chi connectivity index (χ2v) is 3.19. The molecule has 0 saturated carbocycles. The first-order valence-electron chi connectivity index (χ1n) is 4.02. The number of nitrogens with zero attached hydrogens (tertiary/aromatic N) is 2. The first-order valence-corrected chi connectivity index (χ1v) is 4.02. The van der Waals surface area contributed by atoms with Gasteiger partial charge >= 0.3 is 0 Å². The van der Waals surface area contributed by atoms with Crippen molar-refractivity contribution in [3.8, 4) is 6.07 Å². The van der Waals surface area contributed by atoms with E-state index in [0.29, 0.717) is 11.6 Å². The van der Waals surface area contributed by atoms with Gasteiger partial charge in [-0.05, 0) is 30.5 Å². The first-order chi connectivity index (χ1) is 5.63. The molecule has 0 saturated heterocycles. The second-order valence-electron chi connectivity index (χ2n) is 3.19. The van der Waals surface area contributed by atoms with Crippen molar-refractivity contribution in [2.24, 2.45) is 0 Å². The highest BCUT2D eigenvalue weighted by molar-refractivity contribution is 5.30. The lowest BCUT2D eigenvalue weighted by Crippen LogP contribution is -1.93. The summed E-state index contributed by atoms with van der Waals surface area (Å²) in [6, 6.07) is 5.92. The Kier molecular flexibility index (Phi) is 2.44. The molecule has 0 fully saturated rings. The number of nitriles is 1. The van der Waals surface area contributed by atoms with E-state index in [1.807, 2.05) is 19.1 Å². The third-order valence-electron chi connectivity index (χ3n) is 1.76. The van der Waals surface area contributed by atoms with Crippen LogP contribution in [0.3, 0.4) is 0 Å². The molecule has 1 rings (SSSR count). The molecule has 1 aromatic heterocycles. The quantitative estimate of drug-likeness (QED) is 0.632. The normalized spacial score (nSPS) is 9.92. The standard InChI is InChI=1S/C10H12N2/c1-7(2)9-4-8(3)12-10(5-9)6-11/h4-5,7H,1-3H3. The highest BCUT2D eigenvalue weighted by Gasteiger charge is 2.02. The molecule has 0 radical (unpaired) electrons. The molecule has 0 N–H and O–H groups in total. The Morgan fingerprint density at radius 3 is 2.58 bits per heavy atom. The molecule has 0 aliphatic carbocycles. The maximum Gasteiger partial charge on any atom is 0.141 e. The van der Waals surface area contributed by atoms with Gasteiger partial charge in [-0.2, -0.15) is 5.26 Å². The van der Waals surface area contributed by atoms with Gasteiger partial charge in [0.05, 0.1) is 0 Å². The van der Waals surface area contributed by atoms with Crippen LogP contribution in [-0.2, 0) is 0 Å². The van der Waals surface area contributed by atoms with Crippen LogP contribution in [0.2, 0.25) is 0 Å². The van der Waals surface area contributed by atoms with E-state index in [4.69, 9.17) is 5.26 Å². The monoisotopic (exact) mass is 160 g/mol. The van der Waals surface area contributed by atoms with Crippen molar-refractivity contribution >= 4 is 0 Å². The van der Waals surface area contributed by atoms with E-state index in [0.717, 1.165) is 5.69 Å². The summed E-state index contributed by atoms with van der Waals surface area (Å²) in [5, 5.41) is 8.66. The average molecular weight is 160 g/mol. The Balaban J connectivity index is 3.17. The first kappa shape index (κ1) is 8.73. The van der Waals surface area contributed by atoms with Crippen LogP contribution in [0.1, 0.15) is 36.7 Å². The Morgan fingerprint density at radius 1 is 1.42 bits per heavy atom. The number of pyridine rings is 1. The molecule has 2 nitrogen and oxygen atoms in total. The van der Waals surface area contributed by atoms with Crippen molar-refractivity contribution in [1.82, 2.24) is 4.98 Å². The SMILES string of the molecule is Cc1cc(C(C)C)cc(C#N)n1. The van der Waals surface area contributed by atoms with Gasteiger partial charge in [-0.1, -0.05) is 13.8 Å². The fourth-order valence-corrected chi connectivity index (χ4v) is 1.09. The van der Waals surface area contributed by atoms with Crippen molar-refractivity contribution in [3.05, 3.63) is 29.1 Å². The molecule has 0 aromatic carbocycles. The summed E-state index contributed by atoms with van der Waals surface area (Å²) in [6.07, 6.45) is 0. The Bertz CT molecular complexity index is 321. The minimum atomic E-state index is 0.457. The number of hydrogen-bond donors (Lipinski definition) is 0. The van der Waals surface area contributed by atoms with Crippen molar-refractivity contribution in [3.63, 3.8) is 0 Å². The van der Waals surface area contributed by atoms with Crippen LogP contribution in [0.15, 0.2) is 12.1 Å². The minimum Gasteiger partial charge on any atom is -0.242 e. The maximum atomic E-state index is 8.66. The molecule has 0 unspecified atom stereocenters. The van der Waals surface area contributed by atoms with E-state index in [1.165, 1.54) is 5.56 Å². The second kappa shape index (κ2) is 3.36. The van der Waals surface area contributed by atoms with E-state index >= 15 is 0 Å². The third kappa shape index (κ3) is 1.82. The van der Waals surface area contributed by atoms with E-state index in [9.17, 15) is 0 Å². The van der Waals surface area contributed by atoms with E-state index in [2.05, 4.69) is 24.9 Å². The highest BCUT2D eigenvalue weighted by Crippen LogP contribution is 2.15. The van der Waals surface area contributed by atoms with Crippen LogP contribution < -0.4 is 0 Å². The molecule has 2 heteroatoms. The van der Waals surface area contributed by atoms with Gasteiger partial charge in [0.2, 0.25) is 0 Å². The Labute approximate surface area is 72.9 Å². The molecule has 0 atom stereocenters. The van der Waals surface area contributed by atoms with Crippen LogP contribution in [-0.4, -0.2) is 4.98 Å². The molecule has 1 aromatic rings. The topological polar surface area (TPSA) is 36.7 Å². The zero-order valence-electron chi connectivity index (χ0n) is 7.63. The summed E-state index contributed by atoms with van der Waals surface area (Å²) < 4.78 is 0. The lowest BCUT2D eigenvalue weighted by Gasteiger charge is -2.05. The van der Waals surface area contributed by atoms with Gasteiger partial charge in [0.15, 0.2) is 0 Å². The maximum absolute atomic E-state index is 8.66. The van der Waals surface area contributed by atoms with E-state index in [1.54, 1.807) is 0 Å². The van der Waals surface area contributed by atoms with E-state index < -0.39 is 0 Å². The van der Waals surface area contributed by atoms with Crippen molar-refractivity contribution < 1.29 is 0 Å². The molecule has 12 heavy (non-hydrogen) atoms. The summed E-state index contributed by atoms with van der Waals surface area (Å²) in [6.45, 7) is 6.12. The number of aromatic nitrogens is 1. The molecule has 62 valence electrons. The number of rotatable bonds is 1. The lowest BCUT2D eigenvalue weighted by atomic mass is 10.0. The largest absolute Gasteiger partial charge is 0.242 e. The van der Waals surface area contributed by atoms with E-state index in [-0.39, 0.29) is 0 Å². The molecule has 0 bridgehead atoms. The Hall–Kier alpha value is -1.36. The number of aryl methyl sites for hydroxylation is 1. The molecular formula is C10H12N2. The molecule has 0 aliphatic rings. The summed E-state index contributed by atoms with van der Waals surface area (Å²) in [4.78, 5) is 4.07. The molecule has 0 aliphatic heterocycles. The van der Waals surface area contributed by atoms with Crippen LogP contribution in [0.25, 0.3) is 0 Å². The van der Waals surface area contributed by atoms with Gasteiger partial charge in [0.25, 0.3) is 0 Å². The summed E-state index contributed by atoms with van der Waals surface area (Å²) in [7, 11) is 0. The summed E-state index contributed by atoms with van der Waals surface area (Å²) in [5.74, 6) is 0.457. The van der Waals surface area contributed by atoms with Crippen LogP contribution >= 0.6 is 0 Å². The van der Waals surface area contributed by atoms with Crippen LogP contribution in [0, 0.1) is 18.3 Å². The molecule has 1 heterocycles. The number of hydrogen-bond acceptors (Lipinski definition) is 2. The fraction of sp³-hybridized carbons (Fsp3) is 0.400. The van der Waals surface area contributed by atoms with Crippen molar-refractivity contribution in [1.29, 1.82) is 5.26 Å². The van der Waals surface area contributed by atoms with Gasteiger partial charge in [0, 0.05) is 5.69 Å². The van der Waals surface area contributed by atoms with Gasteiger partial charge in [-0.3, -0.25) is 0 Å². The van der Waals surface area contributed by atoms with Gasteiger partial charge in [0.1, 0.15) is 11.8 Å². The van der Waals surface area contributed by atoms with Crippen molar-refractivity contribution in [2.45, 2.75) is 26.7 Å². The average Bonchev–Trinajstić information content (AvgIpc) is 2.03. The summed E-state index contributed by atoms with van der Waals surface area (Å²) >= 11 is 0. The summed E-state index contributed by atoms with van der Waals surface area (Å²) in [5.41, 5.74) is 2.61. The van der Waals surface area contributed by atoms with Crippen molar-refractivity contribution in [2.75, 3.05) is 0 Å². The molecule has 0 spiro atoms. The zero-order valence-corrected chi connectivity index (χ0v) is 7.63. The highest BCUT2D eigenvalue weighted by atomic mass is 14.7. The molecule has 0 amide bonds. The lowest BCUT2D eigenvalue weighted by molar-refractivity contribution is 0.857. The van der Waals surface area contributed by atoms with Crippen LogP contribution in [0.5, 0.6) is 0 Å². The Morgan fingerprint density at radius 2 is 2.08 bits per heavy atom. The third-order valence-corrected chi connectivity index (χ3v) is 1.76. The van der Waals surface area contributed by atoms with Gasteiger partial charge in [-0.15, -0.1) is 0 Å². The zero-order chi connectivity index (χ0) is 9.14. The predicted octanol–water partition coefficient (Wildman–Crippen LogP) is 2.39. The molecular weight excluding hydrogens is 148 g/mol. The minimum absolute atomic E-state index is 0.457. The van der Waals surface area contributed by atoms with Gasteiger partial charge in [-0.25, -0.2) is 4.98 Å². The smallest absolute Gasteiger partial charge is 0.141 e.